The normalized spacial score (nSPS) is 12.1. The lowest BCUT2D eigenvalue weighted by molar-refractivity contribution is 1.09. The third-order valence-electron chi connectivity index (χ3n) is 2.38. The third-order valence-corrected chi connectivity index (χ3v) is 2.38. The number of benzene rings is 1. The van der Waals surface area contributed by atoms with E-state index >= 15 is 0 Å². The van der Waals surface area contributed by atoms with Crippen LogP contribution in [0.3, 0.4) is 0 Å². The summed E-state index contributed by atoms with van der Waals surface area (Å²) in [6.07, 6.45) is 7.48. The Morgan fingerprint density at radius 2 is 1.93 bits per heavy atom. The average Bonchev–Trinajstić information content (AvgIpc) is 2.29. The lowest BCUT2D eigenvalue weighted by Crippen LogP contribution is -2.13. The fraction of sp³-hybridized carbons (Fsp3) is 0.286. The number of anilines is 1. The summed E-state index contributed by atoms with van der Waals surface area (Å²) in [5.41, 5.74) is 2.46. The van der Waals surface area contributed by atoms with Gasteiger partial charge in [0.15, 0.2) is 0 Å². The summed E-state index contributed by atoms with van der Waals surface area (Å²) in [5.74, 6) is 0. The Hall–Kier alpha value is -1.50. The van der Waals surface area contributed by atoms with Crippen molar-refractivity contribution in [2.45, 2.75) is 20.3 Å². The van der Waals surface area contributed by atoms with Gasteiger partial charge in [0, 0.05) is 18.4 Å². The van der Waals surface area contributed by atoms with Gasteiger partial charge in [-0.2, -0.15) is 0 Å². The van der Waals surface area contributed by atoms with Crippen LogP contribution in [0.4, 0.5) is 5.69 Å². The topological polar surface area (TPSA) is 3.24 Å². The molecule has 1 nitrogen and oxygen atoms in total. The van der Waals surface area contributed by atoms with E-state index < -0.39 is 0 Å². The van der Waals surface area contributed by atoms with Crippen molar-refractivity contribution in [3.8, 4) is 0 Å². The van der Waals surface area contributed by atoms with Crippen LogP contribution in [0.5, 0.6) is 0 Å². The van der Waals surface area contributed by atoms with Crippen molar-refractivity contribution in [2.24, 2.45) is 0 Å². The van der Waals surface area contributed by atoms with Crippen LogP contribution in [0.15, 0.2) is 54.3 Å². The van der Waals surface area contributed by atoms with Gasteiger partial charge in [0.05, 0.1) is 0 Å². The van der Waals surface area contributed by atoms with E-state index in [1.807, 2.05) is 6.07 Å². The highest BCUT2D eigenvalue weighted by atomic mass is 15.1. The molecule has 0 N–H and O–H groups in total. The number of nitrogens with zero attached hydrogens (tertiary/aromatic N) is 1. The SMILES string of the molecule is CC/C=C\C=C(/C)N(C)c1ccccc1. The molecule has 0 unspecified atom stereocenters. The van der Waals surface area contributed by atoms with Crippen molar-refractivity contribution in [3.63, 3.8) is 0 Å². The van der Waals surface area contributed by atoms with Gasteiger partial charge in [-0.3, -0.25) is 0 Å². The Balaban J connectivity index is 2.72. The lowest BCUT2D eigenvalue weighted by Gasteiger charge is -2.19. The van der Waals surface area contributed by atoms with Gasteiger partial charge < -0.3 is 4.90 Å². The molecule has 0 aliphatic carbocycles. The highest BCUT2D eigenvalue weighted by Crippen LogP contribution is 2.15. The van der Waals surface area contributed by atoms with E-state index in [-0.39, 0.29) is 0 Å². The molecule has 0 aromatic heterocycles. The Morgan fingerprint density at radius 1 is 1.27 bits per heavy atom. The van der Waals surface area contributed by atoms with Crippen LogP contribution >= 0.6 is 0 Å². The number of rotatable bonds is 4. The van der Waals surface area contributed by atoms with E-state index in [0.29, 0.717) is 0 Å². The molecular formula is C14H19N. The molecule has 1 rings (SSSR count). The molecule has 15 heavy (non-hydrogen) atoms. The zero-order valence-corrected chi connectivity index (χ0v) is 9.77. The molecule has 0 heterocycles. The first kappa shape index (κ1) is 11.6. The van der Waals surface area contributed by atoms with Crippen molar-refractivity contribution in [3.05, 3.63) is 54.3 Å². The molecule has 0 saturated heterocycles. The maximum absolute atomic E-state index is 2.18. The van der Waals surface area contributed by atoms with E-state index in [1.54, 1.807) is 0 Å². The summed E-state index contributed by atoms with van der Waals surface area (Å²) >= 11 is 0. The minimum Gasteiger partial charge on any atom is -0.348 e. The van der Waals surface area contributed by atoms with Crippen molar-refractivity contribution in [1.29, 1.82) is 0 Å². The van der Waals surface area contributed by atoms with Crippen LogP contribution in [0.1, 0.15) is 20.3 Å². The fourth-order valence-corrected chi connectivity index (χ4v) is 1.31. The Morgan fingerprint density at radius 3 is 2.53 bits per heavy atom. The van der Waals surface area contributed by atoms with E-state index in [1.165, 1.54) is 11.4 Å². The summed E-state index contributed by atoms with van der Waals surface area (Å²) in [7, 11) is 2.08. The summed E-state index contributed by atoms with van der Waals surface area (Å²) in [6.45, 7) is 4.26. The van der Waals surface area contributed by atoms with Crippen molar-refractivity contribution >= 4 is 5.69 Å². The predicted octanol–water partition coefficient (Wildman–Crippen LogP) is 3.99. The standard InChI is InChI=1S/C14H19N/c1-4-5-7-10-13(2)15(3)14-11-8-6-9-12-14/h5-12H,4H2,1-3H3/b7-5-,13-10+. The molecule has 1 aromatic carbocycles. The van der Waals surface area contributed by atoms with Crippen LogP contribution in [-0.2, 0) is 0 Å². The number of para-hydroxylation sites is 1. The van der Waals surface area contributed by atoms with E-state index in [9.17, 15) is 0 Å². The second-order valence-corrected chi connectivity index (χ2v) is 3.54. The van der Waals surface area contributed by atoms with Gasteiger partial charge in [0.2, 0.25) is 0 Å². The predicted molar refractivity (Wildman–Crippen MR) is 68.0 cm³/mol. The Labute approximate surface area is 92.7 Å². The lowest BCUT2D eigenvalue weighted by atomic mass is 10.2. The van der Waals surface area contributed by atoms with Crippen LogP contribution in [0, 0.1) is 0 Å². The summed E-state index contributed by atoms with van der Waals surface area (Å²) < 4.78 is 0. The first-order valence-corrected chi connectivity index (χ1v) is 5.38. The number of allylic oxidation sites excluding steroid dienone is 4. The Kier molecular flexibility index (Phi) is 4.69. The molecule has 0 spiro atoms. The highest BCUT2D eigenvalue weighted by molar-refractivity contribution is 5.50. The monoisotopic (exact) mass is 201 g/mol. The molecule has 0 atom stereocenters. The second-order valence-electron chi connectivity index (χ2n) is 3.54. The van der Waals surface area contributed by atoms with E-state index in [0.717, 1.165) is 6.42 Å². The number of hydrogen-bond acceptors (Lipinski definition) is 1. The molecule has 0 saturated carbocycles. The molecule has 1 aromatic rings. The van der Waals surface area contributed by atoms with Gasteiger partial charge in [0.1, 0.15) is 0 Å². The second kappa shape index (κ2) is 6.07. The summed E-state index contributed by atoms with van der Waals surface area (Å²) in [5, 5.41) is 0. The number of hydrogen-bond donors (Lipinski definition) is 0. The molecule has 0 bridgehead atoms. The summed E-state index contributed by atoms with van der Waals surface area (Å²) in [4.78, 5) is 2.18. The quantitative estimate of drug-likeness (QED) is 0.666. The van der Waals surface area contributed by atoms with Gasteiger partial charge in [-0.15, -0.1) is 0 Å². The third kappa shape index (κ3) is 3.62. The first-order valence-electron chi connectivity index (χ1n) is 5.38. The minimum absolute atomic E-state index is 1.08. The van der Waals surface area contributed by atoms with Gasteiger partial charge in [-0.25, -0.2) is 0 Å². The van der Waals surface area contributed by atoms with Gasteiger partial charge >= 0.3 is 0 Å². The Bertz CT molecular complexity index is 336. The molecule has 80 valence electrons. The van der Waals surface area contributed by atoms with Crippen LogP contribution in [-0.4, -0.2) is 7.05 Å². The van der Waals surface area contributed by atoms with Crippen molar-refractivity contribution in [2.75, 3.05) is 11.9 Å². The first-order chi connectivity index (χ1) is 7.25. The fourth-order valence-electron chi connectivity index (χ4n) is 1.31. The zero-order chi connectivity index (χ0) is 11.1. The highest BCUT2D eigenvalue weighted by Gasteiger charge is 1.99. The molecule has 0 aliphatic rings. The van der Waals surface area contributed by atoms with E-state index in [4.69, 9.17) is 0 Å². The molecule has 0 aliphatic heterocycles. The zero-order valence-electron chi connectivity index (χ0n) is 9.77. The molecule has 0 radical (unpaired) electrons. The van der Waals surface area contributed by atoms with Crippen molar-refractivity contribution in [1.82, 2.24) is 0 Å². The van der Waals surface area contributed by atoms with Crippen LogP contribution in [0.2, 0.25) is 0 Å². The van der Waals surface area contributed by atoms with E-state index in [2.05, 4.69) is 68.3 Å². The molecule has 0 amide bonds. The molecular weight excluding hydrogens is 182 g/mol. The van der Waals surface area contributed by atoms with Gasteiger partial charge in [-0.1, -0.05) is 37.3 Å². The van der Waals surface area contributed by atoms with Crippen LogP contribution < -0.4 is 4.90 Å². The average molecular weight is 201 g/mol. The van der Waals surface area contributed by atoms with Crippen molar-refractivity contribution < 1.29 is 0 Å². The molecule has 0 fully saturated rings. The maximum Gasteiger partial charge on any atom is 0.0405 e. The minimum atomic E-state index is 1.08. The van der Waals surface area contributed by atoms with Gasteiger partial charge in [0.25, 0.3) is 0 Å². The smallest absolute Gasteiger partial charge is 0.0405 e. The van der Waals surface area contributed by atoms with Gasteiger partial charge in [-0.05, 0) is 31.6 Å². The van der Waals surface area contributed by atoms with Crippen LogP contribution in [0.25, 0.3) is 0 Å². The maximum atomic E-state index is 2.18. The largest absolute Gasteiger partial charge is 0.348 e. The summed E-state index contributed by atoms with van der Waals surface area (Å²) in [6, 6.07) is 10.4. The molecule has 1 heteroatoms.